The summed E-state index contributed by atoms with van der Waals surface area (Å²) in [5, 5.41) is 9.37. The molecule has 0 unspecified atom stereocenters. The summed E-state index contributed by atoms with van der Waals surface area (Å²) in [6.45, 7) is -0.587. The molecule has 0 saturated carbocycles. The smallest absolute Gasteiger partial charge is 0.261 e. The van der Waals surface area contributed by atoms with Gasteiger partial charge in [0.15, 0.2) is 0 Å². The molecule has 0 aliphatic carbocycles. The summed E-state index contributed by atoms with van der Waals surface area (Å²) in [4.78, 5) is -0.153. The van der Waals surface area contributed by atoms with E-state index in [1.807, 2.05) is 0 Å². The summed E-state index contributed by atoms with van der Waals surface area (Å²) in [7, 11) is -3.92. The zero-order valence-corrected chi connectivity index (χ0v) is 13.6. The third-order valence-corrected chi connectivity index (χ3v) is 4.96. The number of hydrogen-bond donors (Lipinski definition) is 2. The van der Waals surface area contributed by atoms with E-state index in [4.69, 9.17) is 16.7 Å². The third kappa shape index (κ3) is 3.74. The molecule has 0 aliphatic rings. The molecule has 0 radical (unpaired) electrons. The molecule has 112 valence electrons. The van der Waals surface area contributed by atoms with Crippen molar-refractivity contribution < 1.29 is 17.9 Å². The fourth-order valence-electron chi connectivity index (χ4n) is 1.62. The molecule has 0 fully saturated rings. The summed E-state index contributed by atoms with van der Waals surface area (Å²) in [5.41, 5.74) is 0.167. The lowest BCUT2D eigenvalue weighted by molar-refractivity contribution is 0.275. The molecular formula is C13H10BrClFNO3S. The van der Waals surface area contributed by atoms with Crippen LogP contribution < -0.4 is 4.72 Å². The molecule has 2 rings (SSSR count). The van der Waals surface area contributed by atoms with Gasteiger partial charge in [-0.3, -0.25) is 4.72 Å². The van der Waals surface area contributed by atoms with E-state index in [2.05, 4.69) is 20.7 Å². The molecule has 2 aromatic carbocycles. The molecule has 21 heavy (non-hydrogen) atoms. The van der Waals surface area contributed by atoms with Gasteiger partial charge in [-0.15, -0.1) is 0 Å². The van der Waals surface area contributed by atoms with Gasteiger partial charge in [0.1, 0.15) is 5.82 Å². The maximum absolute atomic E-state index is 13.3. The fourth-order valence-corrected chi connectivity index (χ4v) is 3.39. The van der Waals surface area contributed by atoms with E-state index < -0.39 is 22.4 Å². The number of nitrogens with one attached hydrogen (secondary N) is 1. The van der Waals surface area contributed by atoms with Crippen LogP contribution in [0.4, 0.5) is 10.1 Å². The van der Waals surface area contributed by atoms with Gasteiger partial charge in [-0.2, -0.15) is 0 Å². The van der Waals surface area contributed by atoms with Crippen molar-refractivity contribution in [3.8, 4) is 0 Å². The first kappa shape index (κ1) is 16.2. The molecule has 8 heteroatoms. The predicted molar refractivity (Wildman–Crippen MR) is 82.3 cm³/mol. The van der Waals surface area contributed by atoms with Crippen LogP contribution in [0.2, 0.25) is 5.02 Å². The quantitative estimate of drug-likeness (QED) is 0.833. The Balaban J connectivity index is 2.41. The average Bonchev–Trinajstić information content (AvgIpc) is 2.43. The van der Waals surface area contributed by atoms with Gasteiger partial charge in [0.05, 0.1) is 17.2 Å². The minimum Gasteiger partial charge on any atom is -0.392 e. The van der Waals surface area contributed by atoms with Crippen LogP contribution in [-0.4, -0.2) is 13.5 Å². The van der Waals surface area contributed by atoms with Crippen molar-refractivity contribution in [1.82, 2.24) is 0 Å². The molecule has 2 aromatic rings. The second-order valence-electron chi connectivity index (χ2n) is 4.14. The van der Waals surface area contributed by atoms with Gasteiger partial charge in [0.25, 0.3) is 10.0 Å². The van der Waals surface area contributed by atoms with Crippen molar-refractivity contribution in [2.45, 2.75) is 11.5 Å². The molecular weight excluding hydrogens is 385 g/mol. The Morgan fingerprint density at radius 1 is 1.24 bits per heavy atom. The lowest BCUT2D eigenvalue weighted by Crippen LogP contribution is -2.14. The fraction of sp³-hybridized carbons (Fsp3) is 0.0769. The lowest BCUT2D eigenvalue weighted by atomic mass is 10.2. The Hall–Kier alpha value is -1.15. The van der Waals surface area contributed by atoms with Crippen molar-refractivity contribution >= 4 is 43.2 Å². The van der Waals surface area contributed by atoms with E-state index in [9.17, 15) is 12.8 Å². The molecule has 0 saturated heterocycles. The Labute approximate surface area is 134 Å². The monoisotopic (exact) mass is 393 g/mol. The van der Waals surface area contributed by atoms with Crippen LogP contribution in [0.25, 0.3) is 0 Å². The minimum atomic E-state index is -3.92. The number of rotatable bonds is 4. The average molecular weight is 395 g/mol. The second kappa shape index (κ2) is 6.31. The highest BCUT2D eigenvalue weighted by atomic mass is 79.9. The SMILES string of the molecule is O=S(=O)(Nc1cc(Cl)ccc1Br)c1ccc(F)c(CO)c1. The van der Waals surface area contributed by atoms with E-state index in [1.54, 1.807) is 12.1 Å². The first-order chi connectivity index (χ1) is 9.83. The van der Waals surface area contributed by atoms with Gasteiger partial charge >= 0.3 is 0 Å². The molecule has 0 spiro atoms. The van der Waals surface area contributed by atoms with Crippen molar-refractivity contribution in [1.29, 1.82) is 0 Å². The molecule has 0 aromatic heterocycles. The normalized spacial score (nSPS) is 11.4. The molecule has 0 heterocycles. The number of aliphatic hydroxyl groups is 1. The summed E-state index contributed by atoms with van der Waals surface area (Å²) < 4.78 is 40.7. The number of hydrogen-bond acceptors (Lipinski definition) is 3. The first-order valence-electron chi connectivity index (χ1n) is 5.70. The Morgan fingerprint density at radius 2 is 1.95 bits per heavy atom. The van der Waals surface area contributed by atoms with Crippen LogP contribution in [0.3, 0.4) is 0 Å². The van der Waals surface area contributed by atoms with Gasteiger partial charge in [-0.25, -0.2) is 12.8 Å². The number of aliphatic hydroxyl groups excluding tert-OH is 1. The van der Waals surface area contributed by atoms with Crippen LogP contribution in [0.15, 0.2) is 45.8 Å². The van der Waals surface area contributed by atoms with Crippen LogP contribution in [0, 0.1) is 5.82 Å². The summed E-state index contributed by atoms with van der Waals surface area (Å²) in [5.74, 6) is -0.666. The standard InChI is InChI=1S/C13H10BrClFNO3S/c14-11-3-1-9(15)6-13(11)17-21(19,20)10-2-4-12(16)8(5-10)7-18/h1-6,17-18H,7H2. The van der Waals surface area contributed by atoms with Gasteiger partial charge in [0, 0.05) is 15.1 Å². The Bertz CT molecular complexity index is 783. The van der Waals surface area contributed by atoms with Crippen molar-refractivity contribution in [3.05, 3.63) is 57.3 Å². The van der Waals surface area contributed by atoms with Crippen molar-refractivity contribution in [2.24, 2.45) is 0 Å². The molecule has 0 amide bonds. The Kier molecular flexibility index (Phi) is 4.88. The zero-order valence-electron chi connectivity index (χ0n) is 10.5. The van der Waals surface area contributed by atoms with E-state index in [0.717, 1.165) is 18.2 Å². The van der Waals surface area contributed by atoms with Gasteiger partial charge < -0.3 is 5.11 Å². The Morgan fingerprint density at radius 3 is 2.62 bits per heavy atom. The second-order valence-corrected chi connectivity index (χ2v) is 7.11. The molecule has 2 N–H and O–H groups in total. The van der Waals surface area contributed by atoms with E-state index in [0.29, 0.717) is 9.50 Å². The maximum atomic E-state index is 13.3. The van der Waals surface area contributed by atoms with Crippen LogP contribution in [-0.2, 0) is 16.6 Å². The number of halogens is 3. The van der Waals surface area contributed by atoms with Crippen LogP contribution >= 0.6 is 27.5 Å². The summed E-state index contributed by atoms with van der Waals surface area (Å²) in [6, 6.07) is 7.84. The number of sulfonamides is 1. The zero-order chi connectivity index (χ0) is 15.6. The summed E-state index contributed by atoms with van der Waals surface area (Å²) >= 11 is 9.03. The van der Waals surface area contributed by atoms with Crippen LogP contribution in [0.1, 0.15) is 5.56 Å². The van der Waals surface area contributed by atoms with Gasteiger partial charge in [-0.1, -0.05) is 11.6 Å². The number of anilines is 1. The van der Waals surface area contributed by atoms with Crippen molar-refractivity contribution in [3.63, 3.8) is 0 Å². The largest absolute Gasteiger partial charge is 0.392 e. The lowest BCUT2D eigenvalue weighted by Gasteiger charge is -2.11. The van der Waals surface area contributed by atoms with Gasteiger partial charge in [-0.05, 0) is 52.3 Å². The predicted octanol–water partition coefficient (Wildman–Crippen LogP) is 3.53. The maximum Gasteiger partial charge on any atom is 0.261 e. The number of benzene rings is 2. The highest BCUT2D eigenvalue weighted by Crippen LogP contribution is 2.28. The topological polar surface area (TPSA) is 66.4 Å². The van der Waals surface area contributed by atoms with E-state index >= 15 is 0 Å². The van der Waals surface area contributed by atoms with Crippen molar-refractivity contribution in [2.75, 3.05) is 4.72 Å². The van der Waals surface area contributed by atoms with E-state index in [1.165, 1.54) is 6.07 Å². The summed E-state index contributed by atoms with van der Waals surface area (Å²) in [6.07, 6.45) is 0. The van der Waals surface area contributed by atoms with Gasteiger partial charge in [0.2, 0.25) is 0 Å². The highest BCUT2D eigenvalue weighted by molar-refractivity contribution is 9.10. The van der Waals surface area contributed by atoms with Crippen LogP contribution in [0.5, 0.6) is 0 Å². The first-order valence-corrected chi connectivity index (χ1v) is 8.36. The third-order valence-electron chi connectivity index (χ3n) is 2.67. The highest BCUT2D eigenvalue weighted by Gasteiger charge is 2.17. The minimum absolute atomic E-state index is 0.0944. The molecule has 0 aliphatic heterocycles. The molecule has 0 bridgehead atoms. The molecule has 4 nitrogen and oxygen atoms in total. The van der Waals surface area contributed by atoms with E-state index in [-0.39, 0.29) is 16.1 Å². The molecule has 0 atom stereocenters.